The van der Waals surface area contributed by atoms with Gasteiger partial charge in [-0.15, -0.1) is 0 Å². The zero-order valence-corrected chi connectivity index (χ0v) is 23.2. The number of halogens is 1. The second kappa shape index (κ2) is 13.9. The molecule has 10 nitrogen and oxygen atoms in total. The van der Waals surface area contributed by atoms with Crippen LogP contribution in [0.2, 0.25) is 0 Å². The van der Waals surface area contributed by atoms with Crippen LogP contribution in [0.15, 0.2) is 47.4 Å². The van der Waals surface area contributed by atoms with Crippen molar-refractivity contribution in [3.05, 3.63) is 70.1 Å². The lowest BCUT2D eigenvalue weighted by atomic mass is 10.0. The maximum absolute atomic E-state index is 15.3. The van der Waals surface area contributed by atoms with Gasteiger partial charge in [-0.1, -0.05) is 25.1 Å². The Labute approximate surface area is 223 Å². The first-order valence-corrected chi connectivity index (χ1v) is 13.7. The molecule has 2 aromatic rings. The number of carbonyl (C=O) groups excluding carboxylic acids is 1. The van der Waals surface area contributed by atoms with Gasteiger partial charge in [-0.05, 0) is 45.9 Å². The molecule has 1 unspecified atom stereocenters. The van der Waals surface area contributed by atoms with E-state index in [1.54, 1.807) is 37.3 Å². The third-order valence-electron chi connectivity index (χ3n) is 6.06. The van der Waals surface area contributed by atoms with Crippen molar-refractivity contribution in [2.75, 3.05) is 25.1 Å². The summed E-state index contributed by atoms with van der Waals surface area (Å²) >= 11 is 0. The number of hydrogen-bond acceptors (Lipinski definition) is 7. The molecule has 1 N–H and O–H groups in total. The summed E-state index contributed by atoms with van der Waals surface area (Å²) in [6.07, 6.45) is -1.93. The van der Waals surface area contributed by atoms with Crippen LogP contribution < -0.4 is 11.0 Å². The lowest BCUT2D eigenvalue weighted by Gasteiger charge is -2.35. The van der Waals surface area contributed by atoms with Crippen LogP contribution in [-0.2, 0) is 13.8 Å². The zero-order chi connectivity index (χ0) is 27.8. The number of alkyl halides is 1. The maximum Gasteiger partial charge on any atom is 0.351 e. The van der Waals surface area contributed by atoms with Crippen molar-refractivity contribution in [2.24, 2.45) is 5.92 Å². The Balaban J connectivity index is 1.68. The largest absolute Gasteiger partial charge is 0.351 e. The van der Waals surface area contributed by atoms with Crippen LogP contribution >= 0.6 is 8.53 Å². The van der Waals surface area contributed by atoms with E-state index in [0.717, 1.165) is 4.57 Å². The number of hydrogen-bond donors (Lipinski definition) is 1. The summed E-state index contributed by atoms with van der Waals surface area (Å²) < 4.78 is 36.4. The van der Waals surface area contributed by atoms with Crippen LogP contribution in [0.5, 0.6) is 0 Å². The van der Waals surface area contributed by atoms with Crippen molar-refractivity contribution in [1.29, 1.82) is 0 Å². The fourth-order valence-electron chi connectivity index (χ4n) is 4.15. The van der Waals surface area contributed by atoms with Gasteiger partial charge in [0.05, 0.1) is 12.7 Å². The molecule has 1 aromatic heterocycles. The SMILES string of the molecule is [C-]#[N+]CCOP(OC[C@H]1O[C@@H](n2ccc(NC(=O)c3ccccc3)nc2=O)[C@H](F)[C@@H]1C)N(C(C)C)C(C)C. The van der Waals surface area contributed by atoms with Crippen LogP contribution in [0.4, 0.5) is 10.2 Å². The Morgan fingerprint density at radius 1 is 1.24 bits per heavy atom. The number of carbonyl (C=O) groups is 1. The van der Waals surface area contributed by atoms with Gasteiger partial charge in [0.15, 0.2) is 12.4 Å². The number of nitrogens with one attached hydrogen (secondary N) is 1. The number of aromatic nitrogens is 2. The lowest BCUT2D eigenvalue weighted by Crippen LogP contribution is -2.35. The molecule has 1 fully saturated rings. The topological polar surface area (TPSA) is 99.3 Å². The normalized spacial score (nSPS) is 22.1. The smallest absolute Gasteiger partial charge is 0.349 e. The van der Waals surface area contributed by atoms with Crippen molar-refractivity contribution >= 4 is 20.3 Å². The molecule has 1 aliphatic heterocycles. The molecule has 0 radical (unpaired) electrons. The van der Waals surface area contributed by atoms with Crippen molar-refractivity contribution in [1.82, 2.24) is 14.2 Å². The molecule has 1 aliphatic rings. The van der Waals surface area contributed by atoms with E-state index < -0.39 is 44.5 Å². The summed E-state index contributed by atoms with van der Waals surface area (Å²) in [5.41, 5.74) is -0.322. The van der Waals surface area contributed by atoms with Gasteiger partial charge in [0.1, 0.15) is 12.4 Å². The van der Waals surface area contributed by atoms with E-state index in [9.17, 15) is 9.59 Å². The minimum absolute atomic E-state index is 0.0607. The van der Waals surface area contributed by atoms with Crippen LogP contribution in [0.25, 0.3) is 4.85 Å². The first kappa shape index (κ1) is 29.8. The summed E-state index contributed by atoms with van der Waals surface area (Å²) in [6.45, 7) is 17.3. The monoisotopic (exact) mass is 547 g/mol. The summed E-state index contributed by atoms with van der Waals surface area (Å²) in [7, 11) is -1.50. The first-order valence-electron chi connectivity index (χ1n) is 12.6. The second-order valence-corrected chi connectivity index (χ2v) is 11.0. The summed E-state index contributed by atoms with van der Waals surface area (Å²) in [5.74, 6) is -0.907. The minimum atomic E-state index is -1.50. The Morgan fingerprint density at radius 2 is 1.92 bits per heavy atom. The molecule has 0 spiro atoms. The molecule has 3 rings (SSSR count). The molecule has 2 heterocycles. The summed E-state index contributed by atoms with van der Waals surface area (Å²) in [4.78, 5) is 32.3. The van der Waals surface area contributed by atoms with Gasteiger partial charge in [-0.3, -0.25) is 9.36 Å². The van der Waals surface area contributed by atoms with E-state index in [-0.39, 0.29) is 37.7 Å². The Morgan fingerprint density at radius 3 is 2.53 bits per heavy atom. The highest BCUT2D eigenvalue weighted by Crippen LogP contribution is 2.47. The van der Waals surface area contributed by atoms with Crippen molar-refractivity contribution in [3.8, 4) is 0 Å². The average molecular weight is 548 g/mol. The molecule has 1 amide bonds. The van der Waals surface area contributed by atoms with Gasteiger partial charge in [0.2, 0.25) is 6.54 Å². The van der Waals surface area contributed by atoms with E-state index in [1.807, 2.05) is 27.7 Å². The second-order valence-electron chi connectivity index (χ2n) is 9.51. The van der Waals surface area contributed by atoms with Crippen molar-refractivity contribution < 1.29 is 23.0 Å². The summed E-state index contributed by atoms with van der Waals surface area (Å²) in [6, 6.07) is 10.2. The summed E-state index contributed by atoms with van der Waals surface area (Å²) in [5, 5.41) is 2.58. The molecule has 5 atom stereocenters. The molecular formula is C26H35FN5O5P. The molecule has 38 heavy (non-hydrogen) atoms. The third kappa shape index (κ3) is 7.43. The van der Waals surface area contributed by atoms with Gasteiger partial charge in [0.25, 0.3) is 14.4 Å². The number of benzene rings is 1. The Hall–Kier alpha value is -2.74. The highest BCUT2D eigenvalue weighted by Gasteiger charge is 2.44. The molecule has 1 saturated heterocycles. The van der Waals surface area contributed by atoms with Gasteiger partial charge >= 0.3 is 5.69 Å². The number of anilines is 1. The number of nitrogens with zero attached hydrogens (tertiary/aromatic N) is 4. The molecule has 12 heteroatoms. The minimum Gasteiger partial charge on any atom is -0.349 e. The number of amides is 1. The highest BCUT2D eigenvalue weighted by molar-refractivity contribution is 7.44. The molecule has 0 bridgehead atoms. The molecular weight excluding hydrogens is 512 g/mol. The molecule has 206 valence electrons. The average Bonchev–Trinajstić information content (AvgIpc) is 3.16. The zero-order valence-electron chi connectivity index (χ0n) is 22.3. The maximum atomic E-state index is 15.3. The van der Waals surface area contributed by atoms with Crippen LogP contribution in [0.3, 0.4) is 0 Å². The fourth-order valence-corrected chi connectivity index (χ4v) is 5.76. The van der Waals surface area contributed by atoms with Gasteiger partial charge in [-0.2, -0.15) is 4.98 Å². The van der Waals surface area contributed by atoms with Crippen LogP contribution in [0.1, 0.15) is 51.2 Å². The predicted octanol–water partition coefficient (Wildman–Crippen LogP) is 4.67. The van der Waals surface area contributed by atoms with E-state index >= 15 is 4.39 Å². The Bertz CT molecular complexity index is 1150. The number of ether oxygens (including phenoxy) is 1. The van der Waals surface area contributed by atoms with E-state index in [4.69, 9.17) is 20.4 Å². The molecule has 0 saturated carbocycles. The van der Waals surface area contributed by atoms with Crippen molar-refractivity contribution in [2.45, 2.75) is 65.2 Å². The third-order valence-corrected chi connectivity index (χ3v) is 8.13. The predicted molar refractivity (Wildman–Crippen MR) is 143 cm³/mol. The van der Waals surface area contributed by atoms with E-state index in [2.05, 4.69) is 19.8 Å². The quantitative estimate of drug-likeness (QED) is 0.234. The molecule has 1 aromatic carbocycles. The molecule has 0 aliphatic carbocycles. The highest BCUT2D eigenvalue weighted by atomic mass is 31.2. The van der Waals surface area contributed by atoms with Gasteiger partial charge < -0.3 is 23.9 Å². The van der Waals surface area contributed by atoms with Gasteiger partial charge in [0, 0.05) is 29.8 Å². The van der Waals surface area contributed by atoms with Crippen molar-refractivity contribution in [3.63, 3.8) is 0 Å². The fraction of sp³-hybridized carbons (Fsp3) is 0.538. The van der Waals surface area contributed by atoms with Crippen LogP contribution in [0, 0.1) is 12.5 Å². The number of rotatable bonds is 12. The standard InChI is InChI=1S/C26H35FN5O5P/c1-17(2)32(18(3)4)38(35-15-13-28-6)36-16-21-19(5)23(27)25(37-21)31-14-12-22(30-26(31)34)29-24(33)20-10-8-7-9-11-20/h7-12,14,17-19,21,23,25H,13,15-16H2,1-5H3,(H,29,30,33,34)/t19-,21-,23-,25-,38?/m1/s1. The van der Waals surface area contributed by atoms with Crippen LogP contribution in [-0.4, -0.2) is 64.2 Å². The Kier molecular flexibility index (Phi) is 10.9. The first-order chi connectivity index (χ1) is 18.1. The lowest BCUT2D eigenvalue weighted by molar-refractivity contribution is -0.0397. The van der Waals surface area contributed by atoms with E-state index in [0.29, 0.717) is 5.56 Å². The van der Waals surface area contributed by atoms with E-state index in [1.165, 1.54) is 12.3 Å². The van der Waals surface area contributed by atoms with Gasteiger partial charge in [-0.25, -0.2) is 20.4 Å².